The molecule has 0 saturated carbocycles. The highest BCUT2D eigenvalue weighted by atomic mass is 19.4. The van der Waals surface area contributed by atoms with Crippen LogP contribution in [0.25, 0.3) is 0 Å². The molecule has 0 aromatic rings. The summed E-state index contributed by atoms with van der Waals surface area (Å²) in [6.07, 6.45) is -9.70. The highest BCUT2D eigenvalue weighted by molar-refractivity contribution is 5.82. The van der Waals surface area contributed by atoms with Crippen LogP contribution in [0.5, 0.6) is 0 Å². The molecule has 0 aliphatic carbocycles. The molecule has 2 aliphatic rings. The van der Waals surface area contributed by atoms with Crippen molar-refractivity contribution in [2.45, 2.75) is 42.7 Å². The van der Waals surface area contributed by atoms with E-state index in [4.69, 9.17) is 38.9 Å². The van der Waals surface area contributed by atoms with E-state index in [1.54, 1.807) is 5.32 Å². The summed E-state index contributed by atoms with van der Waals surface area (Å²) in [4.78, 5) is 22.7. The third-order valence-electron chi connectivity index (χ3n) is 5.69. The van der Waals surface area contributed by atoms with Crippen molar-refractivity contribution in [1.29, 1.82) is 0 Å². The average molecular weight is 578 g/mol. The van der Waals surface area contributed by atoms with Gasteiger partial charge in [-0.1, -0.05) is 0 Å². The van der Waals surface area contributed by atoms with E-state index in [1.165, 1.54) is 0 Å². The van der Waals surface area contributed by atoms with E-state index in [9.17, 15) is 33.0 Å². The molecule has 2 rings (SSSR count). The fourth-order valence-corrected chi connectivity index (χ4v) is 3.68. The Balaban J connectivity index is 1.45. The summed E-state index contributed by atoms with van der Waals surface area (Å²) in [5, 5.41) is 24.9. The van der Waals surface area contributed by atoms with Gasteiger partial charge in [0, 0.05) is 19.5 Å². The largest absolute Gasteiger partial charge is 0.471 e. The second kappa shape index (κ2) is 17.2. The van der Waals surface area contributed by atoms with E-state index in [0.29, 0.717) is 52.7 Å². The van der Waals surface area contributed by atoms with E-state index in [2.05, 4.69) is 5.32 Å². The molecule has 2 heterocycles. The highest BCUT2D eigenvalue weighted by Gasteiger charge is 2.60. The van der Waals surface area contributed by atoms with E-state index in [1.807, 2.05) is 0 Å². The molecule has 1 unspecified atom stereocenters. The number of aliphatic hydroxyl groups is 2. The molecule has 39 heavy (non-hydrogen) atoms. The molecule has 2 bridgehead atoms. The summed E-state index contributed by atoms with van der Waals surface area (Å²) in [7, 11) is 0. The molecule has 5 atom stereocenters. The minimum absolute atomic E-state index is 0.0980. The normalized spacial score (nSPS) is 26.5. The molecule has 6 N–H and O–H groups in total. The number of aliphatic hydroxyl groups excluding tert-OH is 2. The molecule has 0 aromatic heterocycles. The molecule has 0 radical (unpaired) electrons. The van der Waals surface area contributed by atoms with Crippen molar-refractivity contribution in [2.75, 3.05) is 85.8 Å². The number of carbonyl (C=O) groups is 2. The first-order chi connectivity index (χ1) is 18.6. The van der Waals surface area contributed by atoms with Gasteiger partial charge in [0.25, 0.3) is 0 Å². The quantitative estimate of drug-likeness (QED) is 0.0953. The number of hydrogen-bond acceptors (Lipinski definition) is 12. The van der Waals surface area contributed by atoms with Crippen LogP contribution in [0.4, 0.5) is 13.2 Å². The molecule has 2 amide bonds. The fraction of sp³-hybridized carbons (Fsp3) is 0.909. The maximum absolute atomic E-state index is 12.5. The van der Waals surface area contributed by atoms with E-state index < -0.39 is 42.2 Å². The topological polar surface area (TPSA) is 189 Å². The van der Waals surface area contributed by atoms with Crippen molar-refractivity contribution < 1.29 is 66.1 Å². The number of rotatable bonds is 20. The minimum atomic E-state index is -5.17. The highest BCUT2D eigenvalue weighted by Crippen LogP contribution is 2.37. The lowest BCUT2D eigenvalue weighted by molar-refractivity contribution is -0.240. The Morgan fingerprint density at radius 1 is 0.923 bits per heavy atom. The van der Waals surface area contributed by atoms with E-state index in [-0.39, 0.29) is 45.4 Å². The molecular formula is C22H38F3N3O11. The van der Waals surface area contributed by atoms with Crippen LogP contribution in [0.3, 0.4) is 0 Å². The lowest BCUT2D eigenvalue weighted by Gasteiger charge is -2.42. The number of alkyl halides is 3. The molecule has 0 aromatic carbocycles. The van der Waals surface area contributed by atoms with Crippen molar-refractivity contribution in [3.63, 3.8) is 0 Å². The number of carbonyl (C=O) groups excluding carboxylic acids is 2. The van der Waals surface area contributed by atoms with Crippen molar-refractivity contribution in [3.05, 3.63) is 0 Å². The number of halogens is 3. The van der Waals surface area contributed by atoms with Gasteiger partial charge >= 0.3 is 12.1 Å². The van der Waals surface area contributed by atoms with Gasteiger partial charge in [-0.15, -0.1) is 0 Å². The first-order valence-corrected chi connectivity index (χ1v) is 12.5. The number of amides is 2. The molecular weight excluding hydrogens is 539 g/mol. The summed E-state index contributed by atoms with van der Waals surface area (Å²) in [5.41, 5.74) is 3.79. The third-order valence-corrected chi connectivity index (χ3v) is 5.69. The predicted octanol–water partition coefficient (Wildman–Crippen LogP) is -2.57. The molecule has 2 aliphatic heterocycles. The smallest absolute Gasteiger partial charge is 0.388 e. The van der Waals surface area contributed by atoms with E-state index >= 15 is 0 Å². The first-order valence-electron chi connectivity index (χ1n) is 12.5. The van der Waals surface area contributed by atoms with Crippen LogP contribution in [0.15, 0.2) is 0 Å². The summed E-state index contributed by atoms with van der Waals surface area (Å²) >= 11 is 0. The average Bonchev–Trinajstić information content (AvgIpc) is 3.29. The van der Waals surface area contributed by atoms with Crippen LogP contribution in [0, 0.1) is 0 Å². The Labute approximate surface area is 223 Å². The maximum Gasteiger partial charge on any atom is 0.471 e. The second-order valence-corrected chi connectivity index (χ2v) is 8.69. The van der Waals surface area contributed by atoms with Gasteiger partial charge in [-0.05, 0) is 0 Å². The van der Waals surface area contributed by atoms with Gasteiger partial charge in [0.05, 0.1) is 72.7 Å². The lowest BCUT2D eigenvalue weighted by Crippen LogP contribution is -2.67. The Bertz CT molecular complexity index is 737. The van der Waals surface area contributed by atoms with Crippen molar-refractivity contribution >= 4 is 11.8 Å². The van der Waals surface area contributed by atoms with E-state index in [0.717, 1.165) is 0 Å². The van der Waals surface area contributed by atoms with Crippen LogP contribution in [-0.4, -0.2) is 144 Å². The van der Waals surface area contributed by atoms with Gasteiger partial charge in [0.2, 0.25) is 5.91 Å². The molecule has 228 valence electrons. The van der Waals surface area contributed by atoms with Gasteiger partial charge in [0.1, 0.15) is 23.9 Å². The van der Waals surface area contributed by atoms with Gasteiger partial charge < -0.3 is 59.7 Å². The SMILES string of the molecule is NCCOCCC(=O)NCCOCCOCCOCCOC[C@@]12COC(O1)[C@@H](NC(=O)C(F)(F)F)[C@@H](O)[C@H]2O. The number of nitrogens with two attached hydrogens (primary N) is 1. The van der Waals surface area contributed by atoms with Crippen LogP contribution in [-0.2, 0) is 42.7 Å². The summed E-state index contributed by atoms with van der Waals surface area (Å²) in [5.74, 6) is -2.41. The first kappa shape index (κ1) is 33.5. The zero-order valence-electron chi connectivity index (χ0n) is 21.5. The molecule has 14 nitrogen and oxygen atoms in total. The molecule has 2 saturated heterocycles. The standard InChI is InChI=1S/C22H38F3N3O11/c23-22(24,25)20(32)28-16-17(30)18(31)21(14-38-19(16)39-21)13-37-12-11-36-10-9-35-8-7-34-6-3-27-15(29)1-4-33-5-2-26/h16-19,30-31H,1-14,26H2,(H,27,29)(H,28,32)/t16-,17+,18+,19?,21-/m0/s1. The number of fused-ring (bicyclic) bond motifs is 2. The van der Waals surface area contributed by atoms with Gasteiger partial charge in [-0.3, -0.25) is 9.59 Å². The molecule has 0 spiro atoms. The van der Waals surface area contributed by atoms with Gasteiger partial charge in [-0.2, -0.15) is 13.2 Å². The number of nitrogens with one attached hydrogen (secondary N) is 2. The molecule has 2 fully saturated rings. The third kappa shape index (κ3) is 11.4. The maximum atomic E-state index is 12.5. The van der Waals surface area contributed by atoms with Crippen LogP contribution in [0.1, 0.15) is 6.42 Å². The Morgan fingerprint density at radius 3 is 2.13 bits per heavy atom. The number of ether oxygens (including phenoxy) is 7. The minimum Gasteiger partial charge on any atom is -0.388 e. The van der Waals surface area contributed by atoms with Crippen LogP contribution in [0.2, 0.25) is 0 Å². The fourth-order valence-electron chi connectivity index (χ4n) is 3.68. The van der Waals surface area contributed by atoms with Crippen molar-refractivity contribution in [3.8, 4) is 0 Å². The lowest BCUT2D eigenvalue weighted by atomic mass is 9.88. The Morgan fingerprint density at radius 2 is 1.51 bits per heavy atom. The monoisotopic (exact) mass is 577 g/mol. The predicted molar refractivity (Wildman–Crippen MR) is 124 cm³/mol. The number of hydrogen-bond donors (Lipinski definition) is 5. The van der Waals surface area contributed by atoms with Crippen LogP contribution >= 0.6 is 0 Å². The zero-order chi connectivity index (χ0) is 28.7. The summed E-state index contributed by atoms with van der Waals surface area (Å²) < 4.78 is 75.0. The van der Waals surface area contributed by atoms with Gasteiger partial charge in [-0.25, -0.2) is 0 Å². The Kier molecular flexibility index (Phi) is 14.8. The summed E-state index contributed by atoms with van der Waals surface area (Å²) in [6.45, 7) is 2.96. The van der Waals surface area contributed by atoms with Gasteiger partial charge in [0.15, 0.2) is 6.29 Å². The second-order valence-electron chi connectivity index (χ2n) is 8.69. The Hall–Kier alpha value is -1.67. The summed E-state index contributed by atoms with van der Waals surface area (Å²) in [6, 6.07) is -1.60. The van der Waals surface area contributed by atoms with Crippen molar-refractivity contribution in [1.82, 2.24) is 10.6 Å². The molecule has 17 heteroatoms. The van der Waals surface area contributed by atoms with Crippen LogP contribution < -0.4 is 16.4 Å². The van der Waals surface area contributed by atoms with Crippen molar-refractivity contribution in [2.24, 2.45) is 5.73 Å². The zero-order valence-corrected chi connectivity index (χ0v) is 21.5.